The number of hydrogen-bond acceptors (Lipinski definition) is 2. The molecular formula is C15H28N2O. The van der Waals surface area contributed by atoms with Crippen LogP contribution in [-0.4, -0.2) is 19.0 Å². The zero-order chi connectivity index (χ0) is 13.2. The maximum absolute atomic E-state index is 12.4. The summed E-state index contributed by atoms with van der Waals surface area (Å²) >= 11 is 0. The zero-order valence-corrected chi connectivity index (χ0v) is 11.9. The van der Waals surface area contributed by atoms with Crippen molar-refractivity contribution in [2.75, 3.05) is 13.1 Å². The van der Waals surface area contributed by atoms with Gasteiger partial charge in [-0.3, -0.25) is 4.79 Å². The van der Waals surface area contributed by atoms with Crippen molar-refractivity contribution in [1.82, 2.24) is 5.32 Å². The second-order valence-electron chi connectivity index (χ2n) is 6.24. The van der Waals surface area contributed by atoms with Crippen molar-refractivity contribution in [3.63, 3.8) is 0 Å². The molecule has 3 N–H and O–H groups in total. The lowest BCUT2D eigenvalue weighted by Gasteiger charge is -2.29. The number of hydrogen-bond donors (Lipinski definition) is 2. The topological polar surface area (TPSA) is 55.1 Å². The Labute approximate surface area is 111 Å². The fourth-order valence-corrected chi connectivity index (χ4v) is 3.12. The first-order chi connectivity index (χ1) is 8.66. The molecule has 0 saturated heterocycles. The van der Waals surface area contributed by atoms with Crippen LogP contribution < -0.4 is 11.1 Å². The van der Waals surface area contributed by atoms with E-state index >= 15 is 0 Å². The van der Waals surface area contributed by atoms with E-state index in [0.29, 0.717) is 6.54 Å². The van der Waals surface area contributed by atoms with Crippen molar-refractivity contribution in [2.45, 2.75) is 52.4 Å². The summed E-state index contributed by atoms with van der Waals surface area (Å²) in [6.07, 6.45) is 7.18. The molecule has 2 rings (SSSR count). The van der Waals surface area contributed by atoms with Gasteiger partial charge < -0.3 is 11.1 Å². The van der Waals surface area contributed by atoms with Gasteiger partial charge in [-0.15, -0.1) is 0 Å². The summed E-state index contributed by atoms with van der Waals surface area (Å²) < 4.78 is 0. The predicted octanol–water partition coefficient (Wildman–Crippen LogP) is 2.30. The van der Waals surface area contributed by atoms with Gasteiger partial charge >= 0.3 is 0 Å². The van der Waals surface area contributed by atoms with Crippen LogP contribution in [0.3, 0.4) is 0 Å². The number of nitrogens with one attached hydrogen (secondary N) is 1. The van der Waals surface area contributed by atoms with Gasteiger partial charge in [0.2, 0.25) is 5.91 Å². The number of rotatable bonds is 8. The van der Waals surface area contributed by atoms with Gasteiger partial charge in [0.15, 0.2) is 0 Å². The molecule has 104 valence electrons. The number of nitrogens with two attached hydrogens (primary N) is 1. The quantitative estimate of drug-likeness (QED) is 0.696. The zero-order valence-electron chi connectivity index (χ0n) is 11.9. The summed E-state index contributed by atoms with van der Waals surface area (Å²) in [5.74, 6) is 2.72. The Morgan fingerprint density at radius 1 is 1.22 bits per heavy atom. The molecule has 1 amide bonds. The molecule has 3 nitrogen and oxygen atoms in total. The van der Waals surface area contributed by atoms with Crippen LogP contribution in [0.25, 0.3) is 0 Å². The minimum absolute atomic E-state index is 0.182. The fraction of sp³-hybridized carbons (Fsp3) is 0.933. The van der Waals surface area contributed by atoms with Crippen molar-refractivity contribution < 1.29 is 4.79 Å². The maximum atomic E-state index is 12.4. The summed E-state index contributed by atoms with van der Waals surface area (Å²) in [7, 11) is 0. The molecule has 0 unspecified atom stereocenters. The Kier molecular flexibility index (Phi) is 4.31. The van der Waals surface area contributed by atoms with E-state index < -0.39 is 0 Å². The molecule has 2 aliphatic rings. The molecule has 0 atom stereocenters. The predicted molar refractivity (Wildman–Crippen MR) is 74.0 cm³/mol. The Hall–Kier alpha value is -0.570. The monoisotopic (exact) mass is 252 g/mol. The average Bonchev–Trinajstić information content (AvgIpc) is 3.26. The molecule has 0 aromatic heterocycles. The van der Waals surface area contributed by atoms with Crippen molar-refractivity contribution >= 4 is 5.91 Å². The van der Waals surface area contributed by atoms with E-state index in [1.807, 2.05) is 0 Å². The summed E-state index contributed by atoms with van der Waals surface area (Å²) in [4.78, 5) is 12.4. The lowest BCUT2D eigenvalue weighted by molar-refractivity contribution is -0.131. The van der Waals surface area contributed by atoms with Gasteiger partial charge in [0.05, 0.1) is 5.41 Å². The van der Waals surface area contributed by atoms with E-state index in [1.54, 1.807) is 0 Å². The third kappa shape index (κ3) is 2.87. The van der Waals surface area contributed by atoms with Crippen molar-refractivity contribution in [3.8, 4) is 0 Å². The van der Waals surface area contributed by atoms with E-state index in [0.717, 1.165) is 37.1 Å². The molecule has 2 aliphatic carbocycles. The van der Waals surface area contributed by atoms with Gasteiger partial charge in [-0.2, -0.15) is 0 Å². The molecule has 0 radical (unpaired) electrons. The highest BCUT2D eigenvalue weighted by molar-refractivity contribution is 5.82. The van der Waals surface area contributed by atoms with Crippen molar-refractivity contribution in [2.24, 2.45) is 28.9 Å². The molecule has 0 heterocycles. The van der Waals surface area contributed by atoms with Gasteiger partial charge in [-0.1, -0.05) is 13.8 Å². The van der Waals surface area contributed by atoms with E-state index in [-0.39, 0.29) is 11.3 Å². The lowest BCUT2D eigenvalue weighted by atomic mass is 9.81. The SMILES string of the molecule is CCC(CC)(CN)C(=O)NCC(C1CC1)C1CC1. The van der Waals surface area contributed by atoms with Crippen LogP contribution in [0.5, 0.6) is 0 Å². The minimum Gasteiger partial charge on any atom is -0.355 e. The Morgan fingerprint density at radius 3 is 2.06 bits per heavy atom. The molecule has 0 spiro atoms. The normalized spacial score (nSPS) is 20.2. The molecule has 3 heteroatoms. The summed E-state index contributed by atoms with van der Waals surface area (Å²) in [5.41, 5.74) is 5.48. The first kappa shape index (κ1) is 13.9. The summed E-state index contributed by atoms with van der Waals surface area (Å²) in [5, 5.41) is 3.20. The molecular weight excluding hydrogens is 224 g/mol. The number of carbonyl (C=O) groups is 1. The summed E-state index contributed by atoms with van der Waals surface area (Å²) in [6.45, 7) is 5.48. The van der Waals surface area contributed by atoms with Crippen molar-refractivity contribution in [3.05, 3.63) is 0 Å². The van der Waals surface area contributed by atoms with Gasteiger partial charge in [0, 0.05) is 13.1 Å². The molecule has 18 heavy (non-hydrogen) atoms. The van der Waals surface area contributed by atoms with E-state index in [2.05, 4.69) is 19.2 Å². The Balaban J connectivity index is 1.85. The van der Waals surface area contributed by atoms with E-state index in [1.165, 1.54) is 25.7 Å². The molecule has 0 aromatic carbocycles. The third-order valence-corrected chi connectivity index (χ3v) is 5.18. The first-order valence-corrected chi connectivity index (χ1v) is 7.65. The molecule has 0 bridgehead atoms. The minimum atomic E-state index is -0.336. The Morgan fingerprint density at radius 2 is 1.72 bits per heavy atom. The average molecular weight is 252 g/mol. The van der Waals surface area contributed by atoms with E-state index in [9.17, 15) is 4.79 Å². The van der Waals surface area contributed by atoms with E-state index in [4.69, 9.17) is 5.73 Å². The second kappa shape index (κ2) is 5.60. The smallest absolute Gasteiger partial charge is 0.227 e. The van der Waals surface area contributed by atoms with Crippen LogP contribution in [0, 0.1) is 23.2 Å². The highest BCUT2D eigenvalue weighted by Gasteiger charge is 2.42. The van der Waals surface area contributed by atoms with Crippen LogP contribution in [0.2, 0.25) is 0 Å². The number of carbonyl (C=O) groups excluding carboxylic acids is 1. The van der Waals surface area contributed by atoms with Gasteiger partial charge in [0.25, 0.3) is 0 Å². The van der Waals surface area contributed by atoms with Crippen LogP contribution >= 0.6 is 0 Å². The van der Waals surface area contributed by atoms with Crippen LogP contribution in [0.15, 0.2) is 0 Å². The van der Waals surface area contributed by atoms with Gasteiger partial charge in [-0.25, -0.2) is 0 Å². The van der Waals surface area contributed by atoms with Crippen LogP contribution in [-0.2, 0) is 4.79 Å². The maximum Gasteiger partial charge on any atom is 0.227 e. The second-order valence-corrected chi connectivity index (χ2v) is 6.24. The standard InChI is InChI=1S/C15H28N2O/c1-3-15(4-2,10-16)14(18)17-9-13(11-5-6-11)12-7-8-12/h11-13H,3-10,16H2,1-2H3,(H,17,18). The third-order valence-electron chi connectivity index (χ3n) is 5.18. The molecule has 0 aliphatic heterocycles. The molecule has 2 fully saturated rings. The highest BCUT2D eigenvalue weighted by atomic mass is 16.2. The lowest BCUT2D eigenvalue weighted by Crippen LogP contribution is -2.46. The van der Waals surface area contributed by atoms with Crippen LogP contribution in [0.1, 0.15) is 52.4 Å². The number of amides is 1. The first-order valence-electron chi connectivity index (χ1n) is 7.65. The Bertz CT molecular complexity index is 271. The largest absolute Gasteiger partial charge is 0.355 e. The fourth-order valence-electron chi connectivity index (χ4n) is 3.12. The molecule has 0 aromatic rings. The summed E-state index contributed by atoms with van der Waals surface area (Å²) in [6, 6.07) is 0. The van der Waals surface area contributed by atoms with Crippen LogP contribution in [0.4, 0.5) is 0 Å². The highest BCUT2D eigenvalue weighted by Crippen LogP contribution is 2.48. The molecule has 2 saturated carbocycles. The van der Waals surface area contributed by atoms with Gasteiger partial charge in [-0.05, 0) is 56.3 Å². The van der Waals surface area contributed by atoms with Gasteiger partial charge in [0.1, 0.15) is 0 Å². The van der Waals surface area contributed by atoms with Crippen molar-refractivity contribution in [1.29, 1.82) is 0 Å².